The van der Waals surface area contributed by atoms with E-state index in [1.165, 1.54) is 30.1 Å². The lowest BCUT2D eigenvalue weighted by Crippen LogP contribution is -2.49. The molecule has 3 aromatic carbocycles. The number of amides is 2. The van der Waals surface area contributed by atoms with Crippen LogP contribution in [0.5, 0.6) is 5.75 Å². The predicted molar refractivity (Wildman–Crippen MR) is 149 cm³/mol. The Balaban J connectivity index is 1.13. The lowest BCUT2D eigenvalue weighted by Gasteiger charge is -2.35. The van der Waals surface area contributed by atoms with Crippen molar-refractivity contribution in [3.8, 4) is 16.9 Å². The van der Waals surface area contributed by atoms with E-state index < -0.39 is 5.82 Å². The molecule has 0 bridgehead atoms. The lowest BCUT2D eigenvalue weighted by molar-refractivity contribution is 0.0745. The summed E-state index contributed by atoms with van der Waals surface area (Å²) in [5.41, 5.74) is 2.60. The molecule has 1 aromatic heterocycles. The quantitative estimate of drug-likeness (QED) is 0.331. The summed E-state index contributed by atoms with van der Waals surface area (Å²) in [6, 6.07) is 23.9. The van der Waals surface area contributed by atoms with Crippen LogP contribution >= 0.6 is 11.9 Å². The molecule has 0 spiro atoms. The molecule has 2 amide bonds. The Morgan fingerprint density at radius 1 is 0.897 bits per heavy atom. The van der Waals surface area contributed by atoms with Crippen molar-refractivity contribution in [3.63, 3.8) is 0 Å². The SMILES string of the molecule is O=C(NSCc1ccccc1)c1ccc(N2CCN(C(=O)c3ccc(-c4ccc(O)cc4)c(F)c3)CC2)nn1. The van der Waals surface area contributed by atoms with E-state index in [-0.39, 0.29) is 28.8 Å². The summed E-state index contributed by atoms with van der Waals surface area (Å²) in [4.78, 5) is 29.1. The van der Waals surface area contributed by atoms with E-state index in [9.17, 15) is 19.1 Å². The molecule has 1 aliphatic rings. The number of hydrogen-bond donors (Lipinski definition) is 2. The van der Waals surface area contributed by atoms with E-state index >= 15 is 0 Å². The number of rotatable bonds is 7. The van der Waals surface area contributed by atoms with E-state index in [1.54, 1.807) is 41.3 Å². The van der Waals surface area contributed by atoms with Gasteiger partial charge in [-0.1, -0.05) is 48.5 Å². The number of carbonyl (C=O) groups is 2. The Bertz CT molecular complexity index is 1440. The fourth-order valence-electron chi connectivity index (χ4n) is 4.27. The molecular weight excluding hydrogens is 517 g/mol. The summed E-state index contributed by atoms with van der Waals surface area (Å²) in [6.07, 6.45) is 0. The number of carbonyl (C=O) groups excluding carboxylic acids is 2. The molecular formula is C29H26FN5O3S. The maximum absolute atomic E-state index is 14.8. The summed E-state index contributed by atoms with van der Waals surface area (Å²) in [5, 5.41) is 17.7. The molecule has 1 aliphatic heterocycles. The second-order valence-corrected chi connectivity index (χ2v) is 9.78. The van der Waals surface area contributed by atoms with Gasteiger partial charge >= 0.3 is 0 Å². The number of hydrogen-bond acceptors (Lipinski definition) is 7. The second-order valence-electron chi connectivity index (χ2n) is 9.00. The fraction of sp³-hybridized carbons (Fsp3) is 0.172. The normalized spacial score (nSPS) is 13.3. The van der Waals surface area contributed by atoms with Crippen molar-refractivity contribution in [2.75, 3.05) is 31.1 Å². The molecule has 0 atom stereocenters. The second kappa shape index (κ2) is 12.0. The summed E-state index contributed by atoms with van der Waals surface area (Å²) >= 11 is 1.30. The molecule has 0 saturated carbocycles. The third-order valence-electron chi connectivity index (χ3n) is 6.41. The van der Waals surface area contributed by atoms with Crippen LogP contribution in [0.4, 0.5) is 10.2 Å². The van der Waals surface area contributed by atoms with Crippen LogP contribution in [0.2, 0.25) is 0 Å². The summed E-state index contributed by atoms with van der Waals surface area (Å²) in [7, 11) is 0. The number of nitrogens with zero attached hydrogens (tertiary/aromatic N) is 4. The molecule has 0 unspecified atom stereocenters. The Morgan fingerprint density at radius 2 is 1.64 bits per heavy atom. The Morgan fingerprint density at radius 3 is 2.31 bits per heavy atom. The zero-order valence-electron chi connectivity index (χ0n) is 21.0. The number of nitrogens with one attached hydrogen (secondary N) is 1. The van der Waals surface area contributed by atoms with E-state index in [1.807, 2.05) is 35.2 Å². The Kier molecular flexibility index (Phi) is 8.02. The predicted octanol–water partition coefficient (Wildman–Crippen LogP) is 4.53. The van der Waals surface area contributed by atoms with Crippen LogP contribution in [-0.2, 0) is 5.75 Å². The fourth-order valence-corrected chi connectivity index (χ4v) is 4.94. The van der Waals surface area contributed by atoms with Crippen molar-refractivity contribution >= 4 is 29.6 Å². The first kappa shape index (κ1) is 26.2. The molecule has 10 heteroatoms. The number of benzene rings is 3. The first-order valence-electron chi connectivity index (χ1n) is 12.4. The van der Waals surface area contributed by atoms with E-state index in [0.29, 0.717) is 48.9 Å². The minimum atomic E-state index is -0.497. The molecule has 5 rings (SSSR count). The number of piperazine rings is 1. The summed E-state index contributed by atoms with van der Waals surface area (Å²) in [5.74, 6) is 0.330. The van der Waals surface area contributed by atoms with Gasteiger partial charge in [0.1, 0.15) is 11.6 Å². The van der Waals surface area contributed by atoms with Crippen molar-refractivity contribution in [2.24, 2.45) is 0 Å². The first-order valence-corrected chi connectivity index (χ1v) is 13.4. The number of anilines is 1. The van der Waals surface area contributed by atoms with E-state index in [0.717, 1.165) is 5.56 Å². The molecule has 2 N–H and O–H groups in total. The highest BCUT2D eigenvalue weighted by Crippen LogP contribution is 2.26. The van der Waals surface area contributed by atoms with Gasteiger partial charge in [0.05, 0.1) is 0 Å². The average Bonchev–Trinajstić information content (AvgIpc) is 2.98. The molecule has 198 valence electrons. The number of aromatic nitrogens is 2. The van der Waals surface area contributed by atoms with Crippen molar-refractivity contribution in [1.82, 2.24) is 19.8 Å². The molecule has 1 saturated heterocycles. The van der Waals surface area contributed by atoms with Crippen LogP contribution in [0.3, 0.4) is 0 Å². The monoisotopic (exact) mass is 543 g/mol. The highest BCUT2D eigenvalue weighted by Gasteiger charge is 2.24. The minimum Gasteiger partial charge on any atom is -0.508 e. The van der Waals surface area contributed by atoms with Gasteiger partial charge in [-0.3, -0.25) is 14.3 Å². The van der Waals surface area contributed by atoms with Crippen molar-refractivity contribution < 1.29 is 19.1 Å². The molecule has 8 nitrogen and oxygen atoms in total. The van der Waals surface area contributed by atoms with Gasteiger partial charge < -0.3 is 14.9 Å². The molecule has 0 radical (unpaired) electrons. The van der Waals surface area contributed by atoms with Crippen molar-refractivity contribution in [1.29, 1.82) is 0 Å². The van der Waals surface area contributed by atoms with Crippen molar-refractivity contribution in [2.45, 2.75) is 5.75 Å². The topological polar surface area (TPSA) is 98.7 Å². The van der Waals surface area contributed by atoms with Crippen LogP contribution in [0.15, 0.2) is 84.9 Å². The molecule has 1 fully saturated rings. The number of halogens is 1. The van der Waals surface area contributed by atoms with Gasteiger partial charge in [-0.15, -0.1) is 10.2 Å². The standard InChI is InChI=1S/C29H26FN5O3S/c30-25-18-22(8-11-24(25)21-6-9-23(36)10-7-21)29(38)35-16-14-34(15-17-35)27-13-12-26(31-32-27)28(37)33-39-19-20-4-2-1-3-5-20/h1-13,18,36H,14-17,19H2,(H,33,37). The maximum Gasteiger partial charge on any atom is 0.281 e. The van der Waals surface area contributed by atoms with Crippen LogP contribution in [0.1, 0.15) is 26.4 Å². The molecule has 4 aromatic rings. The zero-order chi connectivity index (χ0) is 27.2. The lowest BCUT2D eigenvalue weighted by atomic mass is 10.0. The highest BCUT2D eigenvalue weighted by atomic mass is 32.2. The summed E-state index contributed by atoms with van der Waals surface area (Å²) < 4.78 is 17.6. The number of aromatic hydroxyl groups is 1. The minimum absolute atomic E-state index is 0.103. The third kappa shape index (κ3) is 6.35. The third-order valence-corrected chi connectivity index (χ3v) is 7.22. The van der Waals surface area contributed by atoms with Gasteiger partial charge in [-0.2, -0.15) is 0 Å². The largest absolute Gasteiger partial charge is 0.508 e. The number of phenolic OH excluding ortho intramolecular Hbond substituents is 1. The number of phenols is 1. The Labute approximate surface area is 229 Å². The Hall–Kier alpha value is -4.44. The highest BCUT2D eigenvalue weighted by molar-refractivity contribution is 7.97. The average molecular weight is 544 g/mol. The smallest absolute Gasteiger partial charge is 0.281 e. The van der Waals surface area contributed by atoms with Gasteiger partial charge in [0.25, 0.3) is 11.8 Å². The van der Waals surface area contributed by atoms with Crippen molar-refractivity contribution in [3.05, 3.63) is 108 Å². The van der Waals surface area contributed by atoms with E-state index in [4.69, 9.17) is 0 Å². The first-order chi connectivity index (χ1) is 19.0. The van der Waals surface area contributed by atoms with Gasteiger partial charge in [0.2, 0.25) is 0 Å². The summed E-state index contributed by atoms with van der Waals surface area (Å²) in [6.45, 7) is 1.96. The van der Waals surface area contributed by atoms with Crippen LogP contribution in [0.25, 0.3) is 11.1 Å². The van der Waals surface area contributed by atoms with Gasteiger partial charge in [0, 0.05) is 43.1 Å². The maximum atomic E-state index is 14.8. The van der Waals surface area contributed by atoms with Crippen LogP contribution in [0, 0.1) is 5.82 Å². The molecule has 2 heterocycles. The van der Waals surface area contributed by atoms with Gasteiger partial charge in [0.15, 0.2) is 11.5 Å². The zero-order valence-corrected chi connectivity index (χ0v) is 21.8. The molecule has 0 aliphatic carbocycles. The van der Waals surface area contributed by atoms with E-state index in [2.05, 4.69) is 14.9 Å². The van der Waals surface area contributed by atoms with Crippen LogP contribution < -0.4 is 9.62 Å². The molecule has 39 heavy (non-hydrogen) atoms. The van der Waals surface area contributed by atoms with Crippen LogP contribution in [-0.4, -0.2) is 58.2 Å². The van der Waals surface area contributed by atoms with Gasteiger partial charge in [-0.25, -0.2) is 4.39 Å². The van der Waals surface area contributed by atoms with Gasteiger partial charge in [-0.05, 0) is 59.5 Å².